The molecule has 0 saturated heterocycles. The van der Waals surface area contributed by atoms with Crippen LogP contribution in [0.15, 0.2) is 42.5 Å². The Bertz CT molecular complexity index is 1020. The third-order valence-corrected chi connectivity index (χ3v) is 6.03. The SMILES string of the molecule is CN(C)CCCN(C(=O)C(C)(C)Oc1ccc(Cl)cc1)c1nc2ccc(Cl)cc2s1. The van der Waals surface area contributed by atoms with Gasteiger partial charge in [0.25, 0.3) is 5.91 Å². The van der Waals surface area contributed by atoms with Crippen LogP contribution in [-0.2, 0) is 4.79 Å². The number of ether oxygens (including phenoxy) is 1. The van der Waals surface area contributed by atoms with Gasteiger partial charge in [-0.1, -0.05) is 34.5 Å². The highest BCUT2D eigenvalue weighted by molar-refractivity contribution is 7.22. The first-order valence-corrected chi connectivity index (χ1v) is 11.2. The maximum Gasteiger partial charge on any atom is 0.272 e. The molecule has 8 heteroatoms. The van der Waals surface area contributed by atoms with Crippen LogP contribution in [0.4, 0.5) is 5.13 Å². The molecule has 2 aromatic carbocycles. The maximum absolute atomic E-state index is 13.6. The molecule has 3 aromatic rings. The molecule has 0 spiro atoms. The summed E-state index contributed by atoms with van der Waals surface area (Å²) >= 11 is 13.5. The fourth-order valence-corrected chi connectivity index (χ4v) is 4.39. The van der Waals surface area contributed by atoms with E-state index in [9.17, 15) is 4.79 Å². The Hall–Kier alpha value is -1.86. The van der Waals surface area contributed by atoms with Gasteiger partial charge < -0.3 is 9.64 Å². The molecule has 0 aliphatic rings. The van der Waals surface area contributed by atoms with Crippen LogP contribution in [0, 0.1) is 0 Å². The normalized spacial score (nSPS) is 11.8. The van der Waals surface area contributed by atoms with Gasteiger partial charge in [-0.25, -0.2) is 4.98 Å². The van der Waals surface area contributed by atoms with E-state index < -0.39 is 5.60 Å². The van der Waals surface area contributed by atoms with E-state index in [4.69, 9.17) is 27.9 Å². The van der Waals surface area contributed by atoms with Gasteiger partial charge in [-0.15, -0.1) is 0 Å². The molecular weight excluding hydrogens is 441 g/mol. The van der Waals surface area contributed by atoms with Crippen molar-refractivity contribution in [2.24, 2.45) is 0 Å². The van der Waals surface area contributed by atoms with Crippen LogP contribution in [-0.4, -0.2) is 48.6 Å². The van der Waals surface area contributed by atoms with Crippen LogP contribution in [0.3, 0.4) is 0 Å². The Morgan fingerprint density at radius 2 is 1.73 bits per heavy atom. The molecule has 0 saturated carbocycles. The van der Waals surface area contributed by atoms with Crippen molar-refractivity contribution < 1.29 is 9.53 Å². The first-order chi connectivity index (χ1) is 14.2. The fraction of sp³-hybridized carbons (Fsp3) is 0.364. The third-order valence-electron chi connectivity index (χ3n) is 4.50. The van der Waals surface area contributed by atoms with Crippen molar-refractivity contribution in [3.05, 3.63) is 52.5 Å². The molecule has 1 aromatic heterocycles. The number of aromatic nitrogens is 1. The first-order valence-electron chi connectivity index (χ1n) is 9.63. The number of nitrogens with zero attached hydrogens (tertiary/aromatic N) is 3. The van der Waals surface area contributed by atoms with Crippen LogP contribution in [0.25, 0.3) is 10.2 Å². The molecule has 0 radical (unpaired) electrons. The zero-order valence-electron chi connectivity index (χ0n) is 17.5. The van der Waals surface area contributed by atoms with Gasteiger partial charge in [0.05, 0.1) is 10.2 Å². The van der Waals surface area contributed by atoms with Crippen molar-refractivity contribution in [3.63, 3.8) is 0 Å². The van der Waals surface area contributed by atoms with E-state index in [1.165, 1.54) is 11.3 Å². The minimum absolute atomic E-state index is 0.152. The number of anilines is 1. The number of amides is 1. The average Bonchev–Trinajstić information content (AvgIpc) is 3.09. The van der Waals surface area contributed by atoms with Gasteiger partial charge >= 0.3 is 0 Å². The molecule has 0 bridgehead atoms. The lowest BCUT2D eigenvalue weighted by Crippen LogP contribution is -2.49. The number of rotatable bonds is 8. The number of carbonyl (C=O) groups excluding carboxylic acids is 1. The fourth-order valence-electron chi connectivity index (χ4n) is 3.00. The van der Waals surface area contributed by atoms with Crippen molar-refractivity contribution in [1.29, 1.82) is 0 Å². The highest BCUT2D eigenvalue weighted by Gasteiger charge is 2.36. The molecule has 0 unspecified atom stereocenters. The molecular formula is C22H25Cl2N3O2S. The number of benzene rings is 2. The van der Waals surface area contributed by atoms with Gasteiger partial charge in [-0.2, -0.15) is 0 Å². The summed E-state index contributed by atoms with van der Waals surface area (Å²) in [6.07, 6.45) is 0.812. The van der Waals surface area contributed by atoms with Gasteiger partial charge in [0.1, 0.15) is 5.75 Å². The second-order valence-corrected chi connectivity index (χ2v) is 9.67. The molecule has 5 nitrogen and oxygen atoms in total. The molecule has 160 valence electrons. The summed E-state index contributed by atoms with van der Waals surface area (Å²) in [6, 6.07) is 12.5. The summed E-state index contributed by atoms with van der Waals surface area (Å²) in [7, 11) is 4.03. The summed E-state index contributed by atoms with van der Waals surface area (Å²) < 4.78 is 6.98. The van der Waals surface area contributed by atoms with Crippen molar-refractivity contribution in [2.75, 3.05) is 32.1 Å². The van der Waals surface area contributed by atoms with E-state index in [0.29, 0.717) is 27.5 Å². The number of fused-ring (bicyclic) bond motifs is 1. The quantitative estimate of drug-likeness (QED) is 0.425. The number of thiazole rings is 1. The monoisotopic (exact) mass is 465 g/mol. The molecule has 0 atom stereocenters. The number of carbonyl (C=O) groups is 1. The lowest BCUT2D eigenvalue weighted by Gasteiger charge is -2.31. The topological polar surface area (TPSA) is 45.7 Å². The van der Waals surface area contributed by atoms with Gasteiger partial charge in [-0.05, 0) is 83.4 Å². The predicted octanol–water partition coefficient (Wildman–Crippen LogP) is 5.75. The molecule has 30 heavy (non-hydrogen) atoms. The Kier molecular flexibility index (Phi) is 7.24. The molecule has 0 aliphatic carbocycles. The molecule has 1 amide bonds. The van der Waals surface area contributed by atoms with Gasteiger partial charge in [-0.3, -0.25) is 9.69 Å². The lowest BCUT2D eigenvalue weighted by atomic mass is 10.1. The highest BCUT2D eigenvalue weighted by atomic mass is 35.5. The van der Waals surface area contributed by atoms with Gasteiger partial charge in [0.2, 0.25) is 0 Å². The van der Waals surface area contributed by atoms with Crippen LogP contribution < -0.4 is 9.64 Å². The van der Waals surface area contributed by atoms with Crippen molar-refractivity contribution >= 4 is 55.8 Å². The van der Waals surface area contributed by atoms with E-state index >= 15 is 0 Å². The molecule has 0 N–H and O–H groups in total. The van der Waals surface area contributed by atoms with Gasteiger partial charge in [0.15, 0.2) is 10.7 Å². The lowest BCUT2D eigenvalue weighted by molar-refractivity contribution is -0.131. The standard InChI is InChI=1S/C22H25Cl2N3O2S/c1-22(2,29-17-9-6-15(23)7-10-17)20(28)27(13-5-12-26(3)4)21-25-18-11-8-16(24)14-19(18)30-21/h6-11,14H,5,12-13H2,1-4H3. The Balaban J connectivity index is 1.88. The predicted molar refractivity (Wildman–Crippen MR) is 126 cm³/mol. The van der Waals surface area contributed by atoms with Crippen LogP contribution in [0.5, 0.6) is 5.75 Å². The van der Waals surface area contributed by atoms with E-state index in [0.717, 1.165) is 23.2 Å². The Labute approximate surface area is 191 Å². The Morgan fingerprint density at radius 3 is 2.40 bits per heavy atom. The average molecular weight is 466 g/mol. The third kappa shape index (κ3) is 5.64. The summed E-state index contributed by atoms with van der Waals surface area (Å²) in [5, 5.41) is 1.91. The summed E-state index contributed by atoms with van der Waals surface area (Å²) in [5.41, 5.74) is -0.261. The minimum Gasteiger partial charge on any atom is -0.478 e. The second-order valence-electron chi connectivity index (χ2n) is 7.79. The van der Waals surface area contributed by atoms with Crippen LogP contribution in [0.2, 0.25) is 10.0 Å². The minimum atomic E-state index is -1.08. The van der Waals surface area contributed by atoms with Crippen molar-refractivity contribution in [1.82, 2.24) is 9.88 Å². The van der Waals surface area contributed by atoms with E-state index in [1.807, 2.05) is 26.2 Å². The van der Waals surface area contributed by atoms with E-state index in [2.05, 4.69) is 9.88 Å². The molecule has 3 rings (SSSR count). The van der Waals surface area contributed by atoms with Crippen LogP contribution >= 0.6 is 34.5 Å². The van der Waals surface area contributed by atoms with Crippen molar-refractivity contribution in [2.45, 2.75) is 25.9 Å². The van der Waals surface area contributed by atoms with E-state index in [-0.39, 0.29) is 5.91 Å². The Morgan fingerprint density at radius 1 is 1.07 bits per heavy atom. The largest absolute Gasteiger partial charge is 0.478 e. The second kappa shape index (κ2) is 9.52. The smallest absolute Gasteiger partial charge is 0.272 e. The van der Waals surface area contributed by atoms with E-state index in [1.54, 1.807) is 49.1 Å². The number of hydrogen-bond acceptors (Lipinski definition) is 5. The molecule has 1 heterocycles. The maximum atomic E-state index is 13.6. The molecule has 0 fully saturated rings. The number of halogens is 2. The molecule has 0 aliphatic heterocycles. The van der Waals surface area contributed by atoms with Crippen LogP contribution in [0.1, 0.15) is 20.3 Å². The first kappa shape index (κ1) is 22.8. The zero-order chi connectivity index (χ0) is 21.9. The zero-order valence-corrected chi connectivity index (χ0v) is 19.8. The summed E-state index contributed by atoms with van der Waals surface area (Å²) in [6.45, 7) is 4.94. The van der Waals surface area contributed by atoms with Crippen molar-refractivity contribution in [3.8, 4) is 5.75 Å². The van der Waals surface area contributed by atoms with Gasteiger partial charge in [0, 0.05) is 16.6 Å². The summed E-state index contributed by atoms with van der Waals surface area (Å²) in [4.78, 5) is 22.1. The summed E-state index contributed by atoms with van der Waals surface area (Å²) in [5.74, 6) is 0.434. The number of hydrogen-bond donors (Lipinski definition) is 0. The highest BCUT2D eigenvalue weighted by Crippen LogP contribution is 2.33.